The maximum atomic E-state index is 12.6. The minimum atomic E-state index is -0.130. The third-order valence-electron chi connectivity index (χ3n) is 4.49. The average Bonchev–Trinajstić information content (AvgIpc) is 3.28. The molecule has 30 heavy (non-hydrogen) atoms. The second-order valence-electron chi connectivity index (χ2n) is 6.63. The van der Waals surface area contributed by atoms with Gasteiger partial charge < -0.3 is 10.6 Å². The zero-order valence-electron chi connectivity index (χ0n) is 16.3. The molecule has 4 rings (SSSR count). The van der Waals surface area contributed by atoms with Crippen molar-refractivity contribution in [2.75, 3.05) is 5.32 Å². The lowest BCUT2D eigenvalue weighted by Crippen LogP contribution is -2.26. The third-order valence-corrected chi connectivity index (χ3v) is 5.46. The van der Waals surface area contributed by atoms with Gasteiger partial charge in [-0.05, 0) is 61.0 Å². The molecule has 0 aliphatic rings. The highest BCUT2D eigenvalue weighted by Crippen LogP contribution is 2.23. The molecule has 0 saturated carbocycles. The molecule has 148 valence electrons. The van der Waals surface area contributed by atoms with Gasteiger partial charge in [0.1, 0.15) is 10.0 Å². The van der Waals surface area contributed by atoms with Crippen molar-refractivity contribution in [3.8, 4) is 10.6 Å². The summed E-state index contributed by atoms with van der Waals surface area (Å²) >= 11 is 1.52. The van der Waals surface area contributed by atoms with Crippen LogP contribution in [0.25, 0.3) is 10.6 Å². The summed E-state index contributed by atoms with van der Waals surface area (Å²) in [5.41, 5.74) is 3.42. The Morgan fingerprint density at radius 2 is 2.00 bits per heavy atom. The van der Waals surface area contributed by atoms with E-state index in [0.29, 0.717) is 12.1 Å². The number of rotatable bonds is 7. The first kappa shape index (κ1) is 19.6. The maximum absolute atomic E-state index is 12.6. The molecular weight excluding hydrogens is 394 g/mol. The van der Waals surface area contributed by atoms with Crippen molar-refractivity contribution in [3.63, 3.8) is 0 Å². The van der Waals surface area contributed by atoms with Crippen molar-refractivity contribution in [2.24, 2.45) is 0 Å². The Hall–Kier alpha value is -3.76. The first-order valence-electron chi connectivity index (χ1n) is 9.44. The van der Waals surface area contributed by atoms with Gasteiger partial charge in [0, 0.05) is 29.2 Å². The van der Waals surface area contributed by atoms with Gasteiger partial charge in [0.25, 0.3) is 5.91 Å². The number of hydrogen-bond donors (Lipinski definition) is 2. The van der Waals surface area contributed by atoms with Crippen LogP contribution in [0.4, 0.5) is 5.69 Å². The molecule has 0 aliphatic heterocycles. The molecule has 0 radical (unpaired) electrons. The topological polar surface area (TPSA) is 79.8 Å². The van der Waals surface area contributed by atoms with E-state index in [-0.39, 0.29) is 11.9 Å². The Morgan fingerprint density at radius 3 is 2.80 bits per heavy atom. The van der Waals surface area contributed by atoms with Crippen LogP contribution in [0.5, 0.6) is 0 Å². The lowest BCUT2D eigenvalue weighted by Gasteiger charge is -2.14. The van der Waals surface area contributed by atoms with Crippen LogP contribution in [0, 0.1) is 12.1 Å². The SMILES string of the molecule is C[C@@H](NC(=O)c1cccc(NCc2nnc(-c3ccncc3)s2)c1)c1cc#ccc1. The molecular formula is C23H19N5OS. The molecule has 0 unspecified atom stereocenters. The van der Waals surface area contributed by atoms with Crippen LogP contribution in [0.2, 0.25) is 0 Å². The number of amides is 1. The Kier molecular flexibility index (Phi) is 5.97. The lowest BCUT2D eigenvalue weighted by molar-refractivity contribution is 0.0940. The first-order chi connectivity index (χ1) is 14.7. The number of carbonyl (C=O) groups is 1. The van der Waals surface area contributed by atoms with Crippen molar-refractivity contribution >= 4 is 22.9 Å². The van der Waals surface area contributed by atoms with E-state index in [4.69, 9.17) is 0 Å². The number of carbonyl (C=O) groups excluding carboxylic acids is 1. The van der Waals surface area contributed by atoms with Gasteiger partial charge in [0.2, 0.25) is 0 Å². The van der Waals surface area contributed by atoms with Gasteiger partial charge in [-0.15, -0.1) is 10.2 Å². The fraction of sp³-hybridized carbons (Fsp3) is 0.130. The second kappa shape index (κ2) is 9.16. The van der Waals surface area contributed by atoms with Crippen molar-refractivity contribution in [1.82, 2.24) is 20.5 Å². The van der Waals surface area contributed by atoms with Crippen molar-refractivity contribution in [2.45, 2.75) is 19.5 Å². The fourth-order valence-electron chi connectivity index (χ4n) is 2.88. The minimum Gasteiger partial charge on any atom is -0.378 e. The predicted molar refractivity (Wildman–Crippen MR) is 117 cm³/mol. The molecule has 7 heteroatoms. The molecule has 0 bridgehead atoms. The summed E-state index contributed by atoms with van der Waals surface area (Å²) < 4.78 is 0. The Morgan fingerprint density at radius 1 is 1.13 bits per heavy atom. The largest absolute Gasteiger partial charge is 0.378 e. The summed E-state index contributed by atoms with van der Waals surface area (Å²) in [6.45, 7) is 2.47. The van der Waals surface area contributed by atoms with Crippen LogP contribution < -0.4 is 10.6 Å². The van der Waals surface area contributed by atoms with E-state index in [1.807, 2.05) is 49.4 Å². The number of nitrogens with zero attached hydrogens (tertiary/aromatic N) is 3. The molecule has 2 aromatic heterocycles. The summed E-state index contributed by atoms with van der Waals surface area (Å²) in [5, 5.41) is 16.5. The lowest BCUT2D eigenvalue weighted by atomic mass is 10.1. The van der Waals surface area contributed by atoms with E-state index in [9.17, 15) is 4.79 Å². The summed E-state index contributed by atoms with van der Waals surface area (Å²) in [5.74, 6) is -0.130. The number of anilines is 1. The molecule has 4 aromatic rings. The second-order valence-corrected chi connectivity index (χ2v) is 7.69. The van der Waals surface area contributed by atoms with Crippen LogP contribution >= 0.6 is 11.3 Å². The van der Waals surface area contributed by atoms with E-state index < -0.39 is 0 Å². The number of hydrogen-bond acceptors (Lipinski definition) is 6. The molecule has 2 N–H and O–H groups in total. The standard InChI is InChI=1S/C23H19N5OS/c1-16(17-6-3-2-4-7-17)26-22(29)19-8-5-9-20(14-19)25-15-21-27-28-23(30-21)18-10-12-24-13-11-18/h3,5-14,16,25H,15H2,1H3,(H,26,29)/t16-/m1/s1. The van der Waals surface area contributed by atoms with Crippen LogP contribution in [-0.4, -0.2) is 21.1 Å². The van der Waals surface area contributed by atoms with Gasteiger partial charge in [0.15, 0.2) is 0 Å². The number of nitrogens with one attached hydrogen (secondary N) is 2. The normalized spacial score (nSPS) is 11.4. The van der Waals surface area contributed by atoms with Crippen molar-refractivity contribution in [3.05, 3.63) is 95.3 Å². The summed E-state index contributed by atoms with van der Waals surface area (Å²) in [4.78, 5) is 16.7. The van der Waals surface area contributed by atoms with Crippen molar-refractivity contribution in [1.29, 1.82) is 0 Å². The zero-order chi connectivity index (χ0) is 20.8. The summed E-state index contributed by atoms with van der Waals surface area (Å²) in [7, 11) is 0. The number of benzene rings is 1. The maximum Gasteiger partial charge on any atom is 0.251 e. The fourth-order valence-corrected chi connectivity index (χ4v) is 3.66. The molecule has 0 saturated heterocycles. The average molecular weight is 414 g/mol. The van der Waals surface area contributed by atoms with E-state index in [1.165, 1.54) is 11.3 Å². The summed E-state index contributed by atoms with van der Waals surface area (Å²) in [6.07, 6.45) is 3.47. The van der Waals surface area contributed by atoms with Gasteiger partial charge in [0.05, 0.1) is 12.6 Å². The third kappa shape index (κ3) is 4.80. The highest BCUT2D eigenvalue weighted by Gasteiger charge is 2.12. The van der Waals surface area contributed by atoms with Crippen LogP contribution in [0.3, 0.4) is 0 Å². The highest BCUT2D eigenvalue weighted by atomic mass is 32.1. The molecule has 1 atom stereocenters. The predicted octanol–water partition coefficient (Wildman–Crippen LogP) is 4.30. The van der Waals surface area contributed by atoms with Crippen LogP contribution in [0.15, 0.2) is 67.0 Å². The van der Waals surface area contributed by atoms with E-state index in [2.05, 4.69) is 37.9 Å². The quantitative estimate of drug-likeness (QED) is 0.472. The van der Waals surface area contributed by atoms with E-state index in [1.54, 1.807) is 24.5 Å². The Labute approximate surface area is 179 Å². The van der Waals surface area contributed by atoms with Crippen LogP contribution in [0.1, 0.15) is 33.9 Å². The first-order valence-corrected chi connectivity index (χ1v) is 10.3. The van der Waals surface area contributed by atoms with Gasteiger partial charge in [-0.2, -0.15) is 0 Å². The monoisotopic (exact) mass is 413 g/mol. The van der Waals surface area contributed by atoms with Gasteiger partial charge in [-0.25, -0.2) is 0 Å². The molecule has 6 nitrogen and oxygen atoms in total. The molecule has 2 heterocycles. The number of aromatic nitrogens is 3. The Balaban J connectivity index is 1.38. The molecule has 0 fully saturated rings. The van der Waals surface area contributed by atoms with Gasteiger partial charge in [-0.3, -0.25) is 9.78 Å². The molecule has 0 aliphatic carbocycles. The van der Waals surface area contributed by atoms with Gasteiger partial charge in [-0.1, -0.05) is 29.5 Å². The van der Waals surface area contributed by atoms with Crippen LogP contribution in [-0.2, 0) is 6.54 Å². The molecule has 0 spiro atoms. The smallest absolute Gasteiger partial charge is 0.251 e. The number of pyridine rings is 1. The van der Waals surface area contributed by atoms with E-state index in [0.717, 1.165) is 26.8 Å². The van der Waals surface area contributed by atoms with E-state index >= 15 is 0 Å². The summed E-state index contributed by atoms with van der Waals surface area (Å²) in [6, 6.07) is 22.4. The molecule has 2 aromatic carbocycles. The van der Waals surface area contributed by atoms with Gasteiger partial charge >= 0.3 is 0 Å². The zero-order valence-corrected chi connectivity index (χ0v) is 17.1. The van der Waals surface area contributed by atoms with Crippen molar-refractivity contribution < 1.29 is 4.79 Å². The molecule has 1 amide bonds. The highest BCUT2D eigenvalue weighted by molar-refractivity contribution is 7.14. The minimum absolute atomic E-state index is 0.118. The Bertz CT molecular complexity index is 1110.